The number of para-hydroxylation sites is 1. The van der Waals surface area contributed by atoms with E-state index >= 15 is 0 Å². The third kappa shape index (κ3) is 3.87. The van der Waals surface area contributed by atoms with Crippen LogP contribution in [0.5, 0.6) is 0 Å². The maximum Gasteiger partial charge on any atom is 0.270 e. The average Bonchev–Trinajstić information content (AvgIpc) is 3.23. The number of carbonyl (C=O) groups is 1. The van der Waals surface area contributed by atoms with Gasteiger partial charge in [0.15, 0.2) is 4.32 Å². The number of benzene rings is 3. The Hall–Kier alpha value is -3.29. The Morgan fingerprint density at radius 2 is 1.76 bits per heavy atom. The zero-order valence-corrected chi connectivity index (χ0v) is 19.2. The molecular weight excluding hydrogens is 458 g/mol. The molecule has 164 valence electrons. The molecule has 0 radical (unpaired) electrons. The smallest absolute Gasteiger partial charge is 0.270 e. The normalized spacial score (nSPS) is 15.2. The fraction of sp³-hybridized carbons (Fsp3) is 0.0769. The van der Waals surface area contributed by atoms with Crippen molar-refractivity contribution < 1.29 is 13.6 Å². The Morgan fingerprint density at radius 3 is 2.55 bits per heavy atom. The minimum absolute atomic E-state index is 0.257. The van der Waals surface area contributed by atoms with Gasteiger partial charge in [-0.05, 0) is 43.3 Å². The number of anilines is 1. The molecule has 33 heavy (non-hydrogen) atoms. The van der Waals surface area contributed by atoms with Crippen LogP contribution in [0.3, 0.4) is 0 Å². The molecule has 7 heteroatoms. The minimum Gasteiger partial charge on any atom is -0.340 e. The number of thioether (sulfide) groups is 1. The molecule has 0 bridgehead atoms. The van der Waals surface area contributed by atoms with Crippen LogP contribution in [0.4, 0.5) is 14.5 Å². The Morgan fingerprint density at radius 1 is 1.00 bits per heavy atom. The second kappa shape index (κ2) is 8.57. The molecule has 3 aromatic carbocycles. The summed E-state index contributed by atoms with van der Waals surface area (Å²) in [5.41, 5.74) is 3.73. The van der Waals surface area contributed by atoms with Crippen LogP contribution in [0.1, 0.15) is 16.8 Å². The highest BCUT2D eigenvalue weighted by molar-refractivity contribution is 8.27. The first kappa shape index (κ1) is 21.6. The first-order valence-electron chi connectivity index (χ1n) is 10.3. The van der Waals surface area contributed by atoms with Gasteiger partial charge < -0.3 is 4.57 Å². The molecule has 5 rings (SSSR count). The monoisotopic (exact) mass is 476 g/mol. The van der Waals surface area contributed by atoms with E-state index in [1.807, 2.05) is 47.9 Å². The van der Waals surface area contributed by atoms with Crippen molar-refractivity contribution in [3.05, 3.63) is 106 Å². The Kier molecular flexibility index (Phi) is 5.60. The number of hydrogen-bond donors (Lipinski definition) is 0. The van der Waals surface area contributed by atoms with Gasteiger partial charge in [0.1, 0.15) is 11.6 Å². The van der Waals surface area contributed by atoms with Crippen molar-refractivity contribution in [2.45, 2.75) is 13.5 Å². The van der Waals surface area contributed by atoms with Crippen LogP contribution in [-0.2, 0) is 11.3 Å². The van der Waals surface area contributed by atoms with Crippen LogP contribution in [0.25, 0.3) is 17.0 Å². The summed E-state index contributed by atoms with van der Waals surface area (Å²) < 4.78 is 30.5. The first-order chi connectivity index (χ1) is 15.9. The molecule has 2 heterocycles. The van der Waals surface area contributed by atoms with Crippen molar-refractivity contribution in [3.63, 3.8) is 0 Å². The molecule has 1 aliphatic rings. The number of hydrogen-bond acceptors (Lipinski definition) is 3. The van der Waals surface area contributed by atoms with Crippen molar-refractivity contribution in [2.24, 2.45) is 0 Å². The van der Waals surface area contributed by atoms with Crippen molar-refractivity contribution in [1.82, 2.24) is 4.57 Å². The summed E-state index contributed by atoms with van der Waals surface area (Å²) in [6, 6.07) is 20.4. The molecule has 1 aliphatic heterocycles. The molecule has 0 saturated carbocycles. The molecule has 0 N–H and O–H groups in total. The van der Waals surface area contributed by atoms with Crippen molar-refractivity contribution in [1.29, 1.82) is 0 Å². The molecule has 0 aliphatic carbocycles. The van der Waals surface area contributed by atoms with E-state index in [4.69, 9.17) is 12.2 Å². The summed E-state index contributed by atoms with van der Waals surface area (Å²) in [6.45, 7) is 2.33. The van der Waals surface area contributed by atoms with Gasteiger partial charge in [0.2, 0.25) is 0 Å². The van der Waals surface area contributed by atoms with Gasteiger partial charge in [-0.3, -0.25) is 9.69 Å². The number of amides is 1. The van der Waals surface area contributed by atoms with Crippen LogP contribution in [0, 0.1) is 18.6 Å². The lowest BCUT2D eigenvalue weighted by atomic mass is 10.1. The van der Waals surface area contributed by atoms with Gasteiger partial charge in [0, 0.05) is 27.7 Å². The van der Waals surface area contributed by atoms with E-state index in [2.05, 4.69) is 0 Å². The summed E-state index contributed by atoms with van der Waals surface area (Å²) in [4.78, 5) is 15.0. The summed E-state index contributed by atoms with van der Waals surface area (Å²) in [5, 5.41) is 0.961. The molecule has 1 fully saturated rings. The number of carbonyl (C=O) groups excluding carboxylic acids is 1. The zero-order chi connectivity index (χ0) is 23.1. The highest BCUT2D eigenvalue weighted by atomic mass is 32.2. The van der Waals surface area contributed by atoms with Crippen LogP contribution in [-0.4, -0.2) is 14.8 Å². The van der Waals surface area contributed by atoms with Crippen molar-refractivity contribution in [3.8, 4) is 0 Å². The number of nitrogens with zero attached hydrogens (tertiary/aromatic N) is 2. The van der Waals surface area contributed by atoms with E-state index in [9.17, 15) is 13.6 Å². The SMILES string of the molecule is Cc1c(/C=C2/SC(=S)N(c3cccc(F)c3)C2=O)c2ccccc2n1Cc1ccccc1F. The average molecular weight is 477 g/mol. The number of fused-ring (bicyclic) bond motifs is 1. The molecule has 3 nitrogen and oxygen atoms in total. The van der Waals surface area contributed by atoms with Crippen molar-refractivity contribution >= 4 is 56.9 Å². The Bertz CT molecular complexity index is 1460. The third-order valence-electron chi connectivity index (χ3n) is 5.70. The van der Waals surface area contributed by atoms with E-state index in [0.717, 1.165) is 22.2 Å². The fourth-order valence-corrected chi connectivity index (χ4v) is 5.36. The van der Waals surface area contributed by atoms with E-state index in [1.54, 1.807) is 24.3 Å². The van der Waals surface area contributed by atoms with Gasteiger partial charge in [0.05, 0.1) is 17.1 Å². The lowest BCUT2D eigenvalue weighted by molar-refractivity contribution is -0.113. The quantitative estimate of drug-likeness (QED) is 0.243. The van der Waals surface area contributed by atoms with Crippen LogP contribution in [0.2, 0.25) is 0 Å². The molecule has 1 saturated heterocycles. The van der Waals surface area contributed by atoms with E-state index in [1.165, 1.54) is 34.9 Å². The largest absolute Gasteiger partial charge is 0.340 e. The molecule has 0 spiro atoms. The first-order valence-corrected chi connectivity index (χ1v) is 11.5. The van der Waals surface area contributed by atoms with Gasteiger partial charge in [-0.25, -0.2) is 8.78 Å². The van der Waals surface area contributed by atoms with Gasteiger partial charge >= 0.3 is 0 Å². The maximum absolute atomic E-state index is 14.3. The predicted molar refractivity (Wildman–Crippen MR) is 134 cm³/mol. The standard InChI is InChI=1S/C26H18F2N2OS2/c1-16-21(14-24-25(31)30(26(32)33-24)19-9-6-8-18(27)13-19)20-10-3-5-12-23(20)29(16)15-17-7-2-4-11-22(17)28/h2-14H,15H2,1H3/b24-14+. The summed E-state index contributed by atoms with van der Waals surface area (Å²) >= 11 is 6.62. The number of thiocarbonyl (C=S) groups is 1. The highest BCUT2D eigenvalue weighted by Gasteiger charge is 2.34. The van der Waals surface area contributed by atoms with E-state index in [-0.39, 0.29) is 11.7 Å². The Balaban J connectivity index is 1.58. The van der Waals surface area contributed by atoms with Gasteiger partial charge in [0.25, 0.3) is 5.91 Å². The lowest BCUT2D eigenvalue weighted by Crippen LogP contribution is -2.27. The highest BCUT2D eigenvalue weighted by Crippen LogP contribution is 2.38. The van der Waals surface area contributed by atoms with Crippen LogP contribution in [0.15, 0.2) is 77.7 Å². The van der Waals surface area contributed by atoms with Gasteiger partial charge in [-0.15, -0.1) is 0 Å². The molecule has 0 unspecified atom stereocenters. The summed E-state index contributed by atoms with van der Waals surface area (Å²) in [6.07, 6.45) is 1.83. The molecule has 0 atom stereocenters. The summed E-state index contributed by atoms with van der Waals surface area (Å²) in [5.74, 6) is -0.981. The van der Waals surface area contributed by atoms with Gasteiger partial charge in [-0.2, -0.15) is 0 Å². The van der Waals surface area contributed by atoms with E-state index < -0.39 is 5.82 Å². The van der Waals surface area contributed by atoms with Crippen LogP contribution < -0.4 is 4.90 Å². The topological polar surface area (TPSA) is 25.2 Å². The number of halogens is 2. The van der Waals surface area contributed by atoms with E-state index in [0.29, 0.717) is 27.0 Å². The zero-order valence-electron chi connectivity index (χ0n) is 17.6. The minimum atomic E-state index is -0.433. The Labute approximate surface area is 199 Å². The second-order valence-electron chi connectivity index (χ2n) is 7.69. The maximum atomic E-state index is 14.3. The molecule has 1 aromatic heterocycles. The fourth-order valence-electron chi connectivity index (χ4n) is 4.08. The van der Waals surface area contributed by atoms with Crippen molar-refractivity contribution in [2.75, 3.05) is 4.90 Å². The van der Waals surface area contributed by atoms with Crippen LogP contribution >= 0.6 is 24.0 Å². The predicted octanol–water partition coefficient (Wildman–Crippen LogP) is 6.68. The molecular formula is C26H18F2N2OS2. The summed E-state index contributed by atoms with van der Waals surface area (Å²) in [7, 11) is 0. The molecule has 1 amide bonds. The van der Waals surface area contributed by atoms with Gasteiger partial charge in [-0.1, -0.05) is 66.4 Å². The second-order valence-corrected chi connectivity index (χ2v) is 9.37. The number of rotatable bonds is 4. The number of aromatic nitrogens is 1. The molecule has 4 aromatic rings. The third-order valence-corrected chi connectivity index (χ3v) is 7.00. The lowest BCUT2D eigenvalue weighted by Gasteiger charge is -2.14.